The SMILES string of the molecule is CCC(CC(CC(C[C@H](C)C(=O)O)C(=O)O)C(=O)O)C(=O)O. The van der Waals surface area contributed by atoms with Gasteiger partial charge in [0.1, 0.15) is 0 Å². The Morgan fingerprint density at radius 2 is 1.05 bits per heavy atom. The van der Waals surface area contributed by atoms with Crippen LogP contribution in [0.5, 0.6) is 0 Å². The smallest absolute Gasteiger partial charge is 0.306 e. The Bertz CT molecular complexity index is 431. The molecule has 4 N–H and O–H groups in total. The van der Waals surface area contributed by atoms with E-state index in [1.54, 1.807) is 6.92 Å². The molecule has 126 valence electrons. The van der Waals surface area contributed by atoms with Gasteiger partial charge in [0.25, 0.3) is 0 Å². The highest BCUT2D eigenvalue weighted by Gasteiger charge is 2.32. The fourth-order valence-electron chi connectivity index (χ4n) is 2.25. The molecule has 0 aromatic carbocycles. The van der Waals surface area contributed by atoms with Crippen molar-refractivity contribution in [1.82, 2.24) is 0 Å². The minimum absolute atomic E-state index is 0.174. The molecular weight excluding hydrogens is 296 g/mol. The van der Waals surface area contributed by atoms with E-state index in [-0.39, 0.29) is 25.7 Å². The summed E-state index contributed by atoms with van der Waals surface area (Å²) in [5, 5.41) is 36.1. The highest BCUT2D eigenvalue weighted by atomic mass is 16.4. The maximum absolute atomic E-state index is 11.2. The van der Waals surface area contributed by atoms with E-state index in [0.717, 1.165) is 0 Å². The Morgan fingerprint density at radius 1 is 0.682 bits per heavy atom. The van der Waals surface area contributed by atoms with Crippen LogP contribution in [0.3, 0.4) is 0 Å². The molecule has 0 saturated carbocycles. The van der Waals surface area contributed by atoms with Crippen molar-refractivity contribution in [3.63, 3.8) is 0 Å². The lowest BCUT2D eigenvalue weighted by atomic mass is 9.82. The van der Waals surface area contributed by atoms with Gasteiger partial charge in [0, 0.05) is 0 Å². The van der Waals surface area contributed by atoms with E-state index in [9.17, 15) is 24.3 Å². The van der Waals surface area contributed by atoms with Gasteiger partial charge in [-0.3, -0.25) is 19.2 Å². The van der Waals surface area contributed by atoms with Crippen molar-refractivity contribution in [2.75, 3.05) is 0 Å². The molecule has 0 rings (SSSR count). The third-order valence-electron chi connectivity index (χ3n) is 3.74. The molecule has 0 aliphatic rings. The van der Waals surface area contributed by atoms with Crippen LogP contribution < -0.4 is 0 Å². The van der Waals surface area contributed by atoms with Gasteiger partial charge in [-0.15, -0.1) is 0 Å². The lowest BCUT2D eigenvalue weighted by molar-refractivity contribution is -0.148. The fourth-order valence-corrected chi connectivity index (χ4v) is 2.25. The molecule has 0 aromatic heterocycles. The van der Waals surface area contributed by atoms with Crippen LogP contribution in [0.25, 0.3) is 0 Å². The van der Waals surface area contributed by atoms with E-state index in [4.69, 9.17) is 15.3 Å². The van der Waals surface area contributed by atoms with Gasteiger partial charge in [-0.05, 0) is 25.7 Å². The van der Waals surface area contributed by atoms with E-state index in [0.29, 0.717) is 0 Å². The Kier molecular flexibility index (Phi) is 8.14. The van der Waals surface area contributed by atoms with Gasteiger partial charge >= 0.3 is 23.9 Å². The van der Waals surface area contributed by atoms with Crippen molar-refractivity contribution < 1.29 is 39.6 Å². The summed E-state index contributed by atoms with van der Waals surface area (Å²) in [7, 11) is 0. The Balaban J connectivity index is 5.01. The minimum atomic E-state index is -1.28. The Hall–Kier alpha value is -2.12. The maximum Gasteiger partial charge on any atom is 0.306 e. The highest BCUT2D eigenvalue weighted by Crippen LogP contribution is 2.27. The molecule has 0 spiro atoms. The number of carboxylic acids is 4. The summed E-state index contributed by atoms with van der Waals surface area (Å²) in [6.45, 7) is 2.96. The second kappa shape index (κ2) is 9.01. The molecule has 8 nitrogen and oxygen atoms in total. The van der Waals surface area contributed by atoms with Crippen LogP contribution in [0, 0.1) is 23.7 Å². The molecule has 0 amide bonds. The minimum Gasteiger partial charge on any atom is -0.481 e. The summed E-state index contributed by atoms with van der Waals surface area (Å²) in [6, 6.07) is 0. The molecule has 0 fully saturated rings. The van der Waals surface area contributed by atoms with Gasteiger partial charge in [-0.1, -0.05) is 13.8 Å². The van der Waals surface area contributed by atoms with Crippen LogP contribution in [0.2, 0.25) is 0 Å². The van der Waals surface area contributed by atoms with E-state index in [1.807, 2.05) is 0 Å². The van der Waals surface area contributed by atoms with E-state index < -0.39 is 47.5 Å². The highest BCUT2D eigenvalue weighted by molar-refractivity contribution is 5.76. The number of aliphatic carboxylic acids is 4. The van der Waals surface area contributed by atoms with Gasteiger partial charge in [0.05, 0.1) is 23.7 Å². The summed E-state index contributed by atoms with van der Waals surface area (Å²) in [4.78, 5) is 44.2. The second-order valence-electron chi connectivity index (χ2n) is 5.46. The van der Waals surface area contributed by atoms with Crippen LogP contribution in [0.4, 0.5) is 0 Å². The average molecular weight is 318 g/mol. The maximum atomic E-state index is 11.2. The lowest BCUT2D eigenvalue weighted by Crippen LogP contribution is -2.29. The van der Waals surface area contributed by atoms with Gasteiger partial charge in [-0.25, -0.2) is 0 Å². The molecule has 0 radical (unpaired) electrons. The monoisotopic (exact) mass is 318 g/mol. The first kappa shape index (κ1) is 19.9. The molecule has 22 heavy (non-hydrogen) atoms. The average Bonchev–Trinajstić information content (AvgIpc) is 2.40. The number of rotatable bonds is 11. The van der Waals surface area contributed by atoms with Crippen molar-refractivity contribution >= 4 is 23.9 Å². The van der Waals surface area contributed by atoms with Gasteiger partial charge < -0.3 is 20.4 Å². The van der Waals surface area contributed by atoms with Crippen LogP contribution in [-0.2, 0) is 19.2 Å². The van der Waals surface area contributed by atoms with Gasteiger partial charge in [0.15, 0.2) is 0 Å². The number of carbonyl (C=O) groups is 4. The summed E-state index contributed by atoms with van der Waals surface area (Å²) in [6.07, 6.45) is -0.418. The van der Waals surface area contributed by atoms with Crippen LogP contribution in [0.1, 0.15) is 39.5 Å². The van der Waals surface area contributed by atoms with E-state index in [2.05, 4.69) is 0 Å². The molecular formula is C14H22O8. The zero-order valence-electron chi connectivity index (χ0n) is 12.6. The Morgan fingerprint density at radius 3 is 1.36 bits per heavy atom. The first-order valence-electron chi connectivity index (χ1n) is 7.01. The van der Waals surface area contributed by atoms with Crippen molar-refractivity contribution in [3.05, 3.63) is 0 Å². The van der Waals surface area contributed by atoms with Crippen LogP contribution in [-0.4, -0.2) is 44.3 Å². The molecule has 0 bridgehead atoms. The predicted molar refractivity (Wildman–Crippen MR) is 74.3 cm³/mol. The molecule has 8 heteroatoms. The molecule has 0 aliphatic carbocycles. The second-order valence-corrected chi connectivity index (χ2v) is 5.46. The van der Waals surface area contributed by atoms with Crippen molar-refractivity contribution in [1.29, 1.82) is 0 Å². The van der Waals surface area contributed by atoms with Crippen molar-refractivity contribution in [3.8, 4) is 0 Å². The predicted octanol–water partition coefficient (Wildman–Crippen LogP) is 1.39. The van der Waals surface area contributed by atoms with Crippen molar-refractivity contribution in [2.45, 2.75) is 39.5 Å². The van der Waals surface area contributed by atoms with Crippen molar-refractivity contribution in [2.24, 2.45) is 23.7 Å². The molecule has 0 heterocycles. The summed E-state index contributed by atoms with van der Waals surface area (Å²) < 4.78 is 0. The third kappa shape index (κ3) is 6.55. The lowest BCUT2D eigenvalue weighted by Gasteiger charge is -2.21. The molecule has 4 atom stereocenters. The zero-order valence-corrected chi connectivity index (χ0v) is 12.6. The normalized spacial score (nSPS) is 16.3. The summed E-state index contributed by atoms with van der Waals surface area (Å²) >= 11 is 0. The number of hydrogen-bond donors (Lipinski definition) is 4. The van der Waals surface area contributed by atoms with E-state index in [1.165, 1.54) is 6.92 Å². The first-order chi connectivity index (χ1) is 10.1. The summed E-state index contributed by atoms with van der Waals surface area (Å²) in [5.41, 5.74) is 0. The third-order valence-corrected chi connectivity index (χ3v) is 3.74. The van der Waals surface area contributed by atoms with E-state index >= 15 is 0 Å². The van der Waals surface area contributed by atoms with Gasteiger partial charge in [0.2, 0.25) is 0 Å². The largest absolute Gasteiger partial charge is 0.481 e. The van der Waals surface area contributed by atoms with Gasteiger partial charge in [-0.2, -0.15) is 0 Å². The number of carboxylic acid groups (broad SMARTS) is 4. The Labute approximate surface area is 127 Å². The first-order valence-corrected chi connectivity index (χ1v) is 7.01. The molecule has 0 aromatic rings. The molecule has 3 unspecified atom stereocenters. The standard InChI is InChI=1S/C14H22O8/c1-3-8(12(17)18)5-10(14(21)22)6-9(13(19)20)4-7(2)11(15)16/h7-10H,3-6H2,1-2H3,(H,15,16)(H,17,18)(H,19,20)(H,21,22)/t7-,8?,9?,10?/m0/s1. The number of hydrogen-bond acceptors (Lipinski definition) is 4. The topological polar surface area (TPSA) is 149 Å². The van der Waals surface area contributed by atoms with Crippen LogP contribution in [0.15, 0.2) is 0 Å². The molecule has 0 saturated heterocycles. The summed E-state index contributed by atoms with van der Waals surface area (Å²) in [5.74, 6) is -8.89. The fraction of sp³-hybridized carbons (Fsp3) is 0.714. The van der Waals surface area contributed by atoms with Crippen LogP contribution >= 0.6 is 0 Å². The quantitative estimate of drug-likeness (QED) is 0.446. The zero-order chi connectivity index (χ0) is 17.4. The molecule has 0 aliphatic heterocycles.